The minimum Gasteiger partial charge on any atom is -0.384 e. The summed E-state index contributed by atoms with van der Waals surface area (Å²) in [7, 11) is 1.68. The fraction of sp³-hybridized carbons (Fsp3) is 0.154. The lowest BCUT2D eigenvalue weighted by molar-refractivity contribution is 0.185. The van der Waals surface area contributed by atoms with Crippen LogP contribution in [0.5, 0.6) is 0 Å². The Bertz CT molecular complexity index is 500. The fourth-order valence-corrected chi connectivity index (χ4v) is 1.58. The van der Waals surface area contributed by atoms with Crippen LogP contribution in [0.1, 0.15) is 5.56 Å². The van der Waals surface area contributed by atoms with E-state index in [0.717, 1.165) is 17.1 Å². The van der Waals surface area contributed by atoms with Gasteiger partial charge < -0.3 is 15.8 Å². The standard InChI is InChI=1S/C13H15N3O/c1-17-9-10-5-2-3-6-11(10)15-13-8-4-7-12(14)16-13/h2-8H,9H2,1H3,(H3,14,15,16). The van der Waals surface area contributed by atoms with Crippen molar-refractivity contribution in [1.82, 2.24) is 4.98 Å². The maximum Gasteiger partial charge on any atom is 0.132 e. The summed E-state index contributed by atoms with van der Waals surface area (Å²) in [5.74, 6) is 1.23. The molecule has 17 heavy (non-hydrogen) atoms. The van der Waals surface area contributed by atoms with Crippen LogP contribution in [0.2, 0.25) is 0 Å². The molecule has 88 valence electrons. The van der Waals surface area contributed by atoms with Gasteiger partial charge in [-0.1, -0.05) is 24.3 Å². The first kappa shape index (κ1) is 11.4. The third-order valence-corrected chi connectivity index (χ3v) is 2.35. The van der Waals surface area contributed by atoms with Gasteiger partial charge in [0.1, 0.15) is 11.6 Å². The number of hydrogen-bond donors (Lipinski definition) is 2. The molecular weight excluding hydrogens is 214 g/mol. The van der Waals surface area contributed by atoms with Gasteiger partial charge >= 0.3 is 0 Å². The lowest BCUT2D eigenvalue weighted by atomic mass is 10.2. The Morgan fingerprint density at radius 1 is 1.18 bits per heavy atom. The summed E-state index contributed by atoms with van der Waals surface area (Å²) in [5, 5.41) is 3.23. The molecule has 0 spiro atoms. The van der Waals surface area contributed by atoms with Crippen LogP contribution in [0, 0.1) is 0 Å². The van der Waals surface area contributed by atoms with Crippen LogP contribution in [-0.2, 0) is 11.3 Å². The summed E-state index contributed by atoms with van der Waals surface area (Å²) in [6.45, 7) is 0.561. The molecule has 0 atom stereocenters. The molecule has 4 nitrogen and oxygen atoms in total. The van der Waals surface area contributed by atoms with Crippen LogP contribution >= 0.6 is 0 Å². The molecule has 2 rings (SSSR count). The molecule has 2 aromatic rings. The Hall–Kier alpha value is -2.07. The van der Waals surface area contributed by atoms with Crippen LogP contribution in [0.15, 0.2) is 42.5 Å². The fourth-order valence-electron chi connectivity index (χ4n) is 1.58. The number of nitrogens with one attached hydrogen (secondary N) is 1. The molecule has 4 heteroatoms. The van der Waals surface area contributed by atoms with Crippen LogP contribution in [-0.4, -0.2) is 12.1 Å². The molecular formula is C13H15N3O. The Morgan fingerprint density at radius 2 is 2.00 bits per heavy atom. The van der Waals surface area contributed by atoms with E-state index >= 15 is 0 Å². The van der Waals surface area contributed by atoms with Gasteiger partial charge in [0.15, 0.2) is 0 Å². The Morgan fingerprint density at radius 3 is 2.76 bits per heavy atom. The third-order valence-electron chi connectivity index (χ3n) is 2.35. The van der Waals surface area contributed by atoms with E-state index in [9.17, 15) is 0 Å². The minimum absolute atomic E-state index is 0.499. The average Bonchev–Trinajstić information content (AvgIpc) is 2.32. The number of methoxy groups -OCH3 is 1. The van der Waals surface area contributed by atoms with E-state index in [2.05, 4.69) is 10.3 Å². The van der Waals surface area contributed by atoms with E-state index in [1.54, 1.807) is 13.2 Å². The second kappa shape index (κ2) is 5.32. The summed E-state index contributed by atoms with van der Waals surface area (Å²) >= 11 is 0. The molecule has 0 saturated heterocycles. The second-order valence-electron chi connectivity index (χ2n) is 3.66. The Kier molecular flexibility index (Phi) is 3.57. The number of rotatable bonds is 4. The van der Waals surface area contributed by atoms with Gasteiger partial charge in [-0.2, -0.15) is 0 Å². The largest absolute Gasteiger partial charge is 0.384 e. The normalized spacial score (nSPS) is 10.2. The van der Waals surface area contributed by atoms with Gasteiger partial charge in [-0.25, -0.2) is 4.98 Å². The van der Waals surface area contributed by atoms with Crippen molar-refractivity contribution in [3.63, 3.8) is 0 Å². The molecule has 0 fully saturated rings. The molecule has 0 unspecified atom stereocenters. The zero-order chi connectivity index (χ0) is 12.1. The first-order valence-corrected chi connectivity index (χ1v) is 5.36. The monoisotopic (exact) mass is 229 g/mol. The van der Waals surface area contributed by atoms with Gasteiger partial charge in [0.05, 0.1) is 6.61 Å². The molecule has 0 aliphatic rings. The molecule has 0 saturated carbocycles. The molecule has 0 bridgehead atoms. The predicted molar refractivity (Wildman–Crippen MR) is 69.1 cm³/mol. The highest BCUT2D eigenvalue weighted by Gasteiger charge is 2.02. The Labute approximate surface area is 100 Å². The zero-order valence-electron chi connectivity index (χ0n) is 9.68. The highest BCUT2D eigenvalue weighted by atomic mass is 16.5. The topological polar surface area (TPSA) is 60.2 Å². The number of pyridine rings is 1. The van der Waals surface area contributed by atoms with Gasteiger partial charge in [0.25, 0.3) is 0 Å². The van der Waals surface area contributed by atoms with Gasteiger partial charge in [-0.3, -0.25) is 0 Å². The van der Waals surface area contributed by atoms with Crippen molar-refractivity contribution >= 4 is 17.3 Å². The maximum absolute atomic E-state index is 5.63. The van der Waals surface area contributed by atoms with Crippen molar-refractivity contribution in [3.8, 4) is 0 Å². The molecule has 1 aromatic heterocycles. The maximum atomic E-state index is 5.63. The van der Waals surface area contributed by atoms with Crippen LogP contribution in [0.25, 0.3) is 0 Å². The number of nitrogens with two attached hydrogens (primary N) is 1. The number of para-hydroxylation sites is 1. The van der Waals surface area contributed by atoms with Crippen LogP contribution in [0.4, 0.5) is 17.3 Å². The number of nitrogens with zero attached hydrogens (tertiary/aromatic N) is 1. The molecule has 0 amide bonds. The number of anilines is 3. The van der Waals surface area contributed by atoms with Gasteiger partial charge in [0.2, 0.25) is 0 Å². The number of nitrogen functional groups attached to an aromatic ring is 1. The lowest BCUT2D eigenvalue weighted by Crippen LogP contribution is -2.00. The first-order valence-electron chi connectivity index (χ1n) is 5.36. The second-order valence-corrected chi connectivity index (χ2v) is 3.66. The molecule has 3 N–H and O–H groups in total. The SMILES string of the molecule is COCc1ccccc1Nc1cccc(N)n1. The lowest BCUT2D eigenvalue weighted by Gasteiger charge is -2.10. The first-order chi connectivity index (χ1) is 8.29. The number of hydrogen-bond acceptors (Lipinski definition) is 4. The smallest absolute Gasteiger partial charge is 0.132 e. The quantitative estimate of drug-likeness (QED) is 0.845. The Balaban J connectivity index is 2.23. The summed E-state index contributed by atoms with van der Waals surface area (Å²) < 4.78 is 5.14. The summed E-state index contributed by atoms with van der Waals surface area (Å²) in [6, 6.07) is 13.4. The number of benzene rings is 1. The molecule has 1 heterocycles. The van der Waals surface area contributed by atoms with E-state index < -0.39 is 0 Å². The van der Waals surface area contributed by atoms with Gasteiger partial charge in [0, 0.05) is 18.4 Å². The molecule has 0 aliphatic carbocycles. The zero-order valence-corrected chi connectivity index (χ0v) is 9.68. The van der Waals surface area contributed by atoms with Gasteiger partial charge in [-0.15, -0.1) is 0 Å². The van der Waals surface area contributed by atoms with Crippen molar-refractivity contribution < 1.29 is 4.74 Å². The van der Waals surface area contributed by atoms with Crippen LogP contribution in [0.3, 0.4) is 0 Å². The van der Waals surface area contributed by atoms with E-state index in [4.69, 9.17) is 10.5 Å². The van der Waals surface area contributed by atoms with Gasteiger partial charge in [-0.05, 0) is 18.2 Å². The van der Waals surface area contributed by atoms with E-state index in [-0.39, 0.29) is 0 Å². The van der Waals surface area contributed by atoms with Crippen molar-refractivity contribution in [3.05, 3.63) is 48.0 Å². The molecule has 1 aromatic carbocycles. The third kappa shape index (κ3) is 2.95. The highest BCUT2D eigenvalue weighted by Crippen LogP contribution is 2.20. The van der Waals surface area contributed by atoms with Crippen molar-refractivity contribution in [1.29, 1.82) is 0 Å². The molecule has 0 aliphatic heterocycles. The summed E-state index contributed by atoms with van der Waals surface area (Å²) in [4.78, 5) is 4.20. The molecule has 0 radical (unpaired) electrons. The van der Waals surface area contributed by atoms with Crippen molar-refractivity contribution in [2.24, 2.45) is 0 Å². The number of aromatic nitrogens is 1. The van der Waals surface area contributed by atoms with Crippen molar-refractivity contribution in [2.45, 2.75) is 6.61 Å². The number of ether oxygens (including phenoxy) is 1. The average molecular weight is 229 g/mol. The highest BCUT2D eigenvalue weighted by molar-refractivity contribution is 5.61. The predicted octanol–water partition coefficient (Wildman–Crippen LogP) is 2.55. The summed E-state index contributed by atoms with van der Waals surface area (Å²) in [5.41, 5.74) is 7.69. The van der Waals surface area contributed by atoms with E-state index in [0.29, 0.717) is 12.4 Å². The van der Waals surface area contributed by atoms with Crippen molar-refractivity contribution in [2.75, 3.05) is 18.2 Å². The van der Waals surface area contributed by atoms with E-state index in [1.807, 2.05) is 36.4 Å². The minimum atomic E-state index is 0.499. The van der Waals surface area contributed by atoms with Crippen LogP contribution < -0.4 is 11.1 Å². The summed E-state index contributed by atoms with van der Waals surface area (Å²) in [6.07, 6.45) is 0. The van der Waals surface area contributed by atoms with E-state index in [1.165, 1.54) is 0 Å².